The van der Waals surface area contributed by atoms with E-state index in [1.54, 1.807) is 0 Å². The summed E-state index contributed by atoms with van der Waals surface area (Å²) in [6.07, 6.45) is 3.30. The van der Waals surface area contributed by atoms with Gasteiger partial charge in [0.15, 0.2) is 5.82 Å². The number of aromatic nitrogens is 2. The monoisotopic (exact) mass is 272 g/mol. The molecule has 3 N–H and O–H groups in total. The van der Waals surface area contributed by atoms with Crippen LogP contribution in [0.3, 0.4) is 0 Å². The molecule has 0 amide bonds. The fraction of sp³-hybridized carbons (Fsp3) is 0.333. The van der Waals surface area contributed by atoms with Crippen molar-refractivity contribution >= 4 is 17.2 Å². The van der Waals surface area contributed by atoms with Gasteiger partial charge >= 0.3 is 0 Å². The molecule has 2 aromatic rings. The predicted molar refractivity (Wildman–Crippen MR) is 81.3 cm³/mol. The fourth-order valence-electron chi connectivity index (χ4n) is 1.87. The lowest BCUT2D eigenvalue weighted by Gasteiger charge is -2.13. The molecule has 0 bridgehead atoms. The second-order valence-electron chi connectivity index (χ2n) is 4.43. The van der Waals surface area contributed by atoms with Crippen LogP contribution in [0.2, 0.25) is 0 Å². The Morgan fingerprint density at radius 1 is 1.20 bits per heavy atom. The van der Waals surface area contributed by atoms with Gasteiger partial charge in [0, 0.05) is 5.69 Å². The highest BCUT2D eigenvalue weighted by Gasteiger charge is 2.10. The van der Waals surface area contributed by atoms with Gasteiger partial charge in [0.05, 0.1) is 6.61 Å². The third-order valence-corrected chi connectivity index (χ3v) is 2.94. The Morgan fingerprint density at radius 2 is 2.00 bits per heavy atom. The first kappa shape index (κ1) is 14.1. The van der Waals surface area contributed by atoms with Gasteiger partial charge in [-0.05, 0) is 24.5 Å². The topological polar surface area (TPSA) is 73.1 Å². The number of hydrogen-bond acceptors (Lipinski definition) is 5. The van der Waals surface area contributed by atoms with Gasteiger partial charge in [-0.1, -0.05) is 32.0 Å². The molecule has 1 aromatic carbocycles. The molecule has 0 spiro atoms. The number of ether oxygens (including phenoxy) is 1. The van der Waals surface area contributed by atoms with Crippen molar-refractivity contribution in [2.45, 2.75) is 26.7 Å². The number of rotatable bonds is 6. The van der Waals surface area contributed by atoms with Crippen molar-refractivity contribution in [2.24, 2.45) is 0 Å². The minimum Gasteiger partial charge on any atom is -0.476 e. The zero-order chi connectivity index (χ0) is 14.4. The second-order valence-corrected chi connectivity index (χ2v) is 4.43. The fourth-order valence-corrected chi connectivity index (χ4v) is 1.87. The van der Waals surface area contributed by atoms with E-state index in [-0.39, 0.29) is 0 Å². The van der Waals surface area contributed by atoms with Crippen LogP contribution >= 0.6 is 0 Å². The summed E-state index contributed by atoms with van der Waals surface area (Å²) in [4.78, 5) is 8.25. The van der Waals surface area contributed by atoms with Crippen molar-refractivity contribution in [3.8, 4) is 5.88 Å². The summed E-state index contributed by atoms with van der Waals surface area (Å²) in [5, 5.41) is 3.25. The summed E-state index contributed by atoms with van der Waals surface area (Å²) in [6.45, 7) is 4.74. The molecule has 5 heteroatoms. The van der Waals surface area contributed by atoms with Crippen molar-refractivity contribution < 1.29 is 4.74 Å². The van der Waals surface area contributed by atoms with Crippen LogP contribution in [0.4, 0.5) is 17.2 Å². The van der Waals surface area contributed by atoms with Gasteiger partial charge < -0.3 is 15.8 Å². The molecular formula is C15H20N4O. The van der Waals surface area contributed by atoms with Crippen LogP contribution in [0.1, 0.15) is 25.8 Å². The van der Waals surface area contributed by atoms with Crippen LogP contribution in [-0.2, 0) is 6.42 Å². The molecule has 106 valence electrons. The third kappa shape index (κ3) is 3.17. The molecule has 0 saturated heterocycles. The minimum atomic E-state index is 0.429. The molecule has 0 unspecified atom stereocenters. The lowest BCUT2D eigenvalue weighted by atomic mass is 10.1. The van der Waals surface area contributed by atoms with Crippen molar-refractivity contribution in [3.63, 3.8) is 0 Å². The van der Waals surface area contributed by atoms with E-state index in [4.69, 9.17) is 10.5 Å². The van der Waals surface area contributed by atoms with Gasteiger partial charge in [0.2, 0.25) is 5.88 Å². The number of para-hydroxylation sites is 1. The number of nitrogen functional groups attached to an aromatic ring is 1. The normalized spacial score (nSPS) is 10.3. The first-order valence-corrected chi connectivity index (χ1v) is 6.84. The maximum Gasteiger partial charge on any atom is 0.242 e. The van der Waals surface area contributed by atoms with Gasteiger partial charge in [-0.25, -0.2) is 4.98 Å². The summed E-state index contributed by atoms with van der Waals surface area (Å²) >= 11 is 0. The van der Waals surface area contributed by atoms with Gasteiger partial charge in [-0.3, -0.25) is 0 Å². The van der Waals surface area contributed by atoms with Gasteiger partial charge in [-0.15, -0.1) is 0 Å². The average molecular weight is 272 g/mol. The zero-order valence-electron chi connectivity index (χ0n) is 11.9. The Kier molecular flexibility index (Phi) is 4.76. The van der Waals surface area contributed by atoms with Crippen LogP contribution in [0.5, 0.6) is 5.88 Å². The molecule has 0 aliphatic heterocycles. The second kappa shape index (κ2) is 6.75. The number of anilines is 3. The quantitative estimate of drug-likeness (QED) is 0.845. The molecule has 0 aliphatic rings. The van der Waals surface area contributed by atoms with Crippen LogP contribution in [0.25, 0.3) is 0 Å². The number of nitrogens with zero attached hydrogens (tertiary/aromatic N) is 2. The van der Waals surface area contributed by atoms with Gasteiger partial charge in [-0.2, -0.15) is 4.98 Å². The molecule has 0 saturated carbocycles. The molecule has 0 fully saturated rings. The maximum atomic E-state index is 6.05. The Balaban J connectivity index is 2.25. The summed E-state index contributed by atoms with van der Waals surface area (Å²) in [5.74, 6) is 1.00. The summed E-state index contributed by atoms with van der Waals surface area (Å²) in [6, 6.07) is 8.08. The third-order valence-electron chi connectivity index (χ3n) is 2.94. The molecule has 0 atom stereocenters. The zero-order valence-corrected chi connectivity index (χ0v) is 11.9. The van der Waals surface area contributed by atoms with E-state index in [9.17, 15) is 0 Å². The molecule has 0 radical (unpaired) electrons. The van der Waals surface area contributed by atoms with E-state index in [1.165, 1.54) is 11.9 Å². The van der Waals surface area contributed by atoms with E-state index in [0.29, 0.717) is 24.0 Å². The van der Waals surface area contributed by atoms with Crippen molar-refractivity contribution in [2.75, 3.05) is 17.7 Å². The van der Waals surface area contributed by atoms with E-state index in [2.05, 4.69) is 28.3 Å². The van der Waals surface area contributed by atoms with E-state index < -0.39 is 0 Å². The van der Waals surface area contributed by atoms with E-state index in [0.717, 1.165) is 18.5 Å². The summed E-state index contributed by atoms with van der Waals surface area (Å²) < 4.78 is 5.50. The summed E-state index contributed by atoms with van der Waals surface area (Å²) in [5.41, 5.74) is 8.70. The lowest BCUT2D eigenvalue weighted by Crippen LogP contribution is -2.06. The number of nitrogens with one attached hydrogen (secondary N) is 1. The molecule has 5 nitrogen and oxygen atoms in total. The number of hydrogen-bond donors (Lipinski definition) is 2. The van der Waals surface area contributed by atoms with E-state index in [1.807, 2.05) is 25.1 Å². The Bertz CT molecular complexity index is 572. The minimum absolute atomic E-state index is 0.429. The first-order valence-electron chi connectivity index (χ1n) is 6.84. The molecule has 2 rings (SSSR count). The SMILES string of the molecule is CCCOc1ncnc(Nc2ccccc2CC)c1N. The van der Waals surface area contributed by atoms with Crippen molar-refractivity contribution in [1.29, 1.82) is 0 Å². The number of aryl methyl sites for hydroxylation is 1. The molecule has 20 heavy (non-hydrogen) atoms. The molecule has 1 heterocycles. The predicted octanol–water partition coefficient (Wildman–Crippen LogP) is 3.15. The highest BCUT2D eigenvalue weighted by molar-refractivity contribution is 5.73. The first-order chi connectivity index (χ1) is 9.76. The molecule has 1 aromatic heterocycles. The highest BCUT2D eigenvalue weighted by atomic mass is 16.5. The van der Waals surface area contributed by atoms with Crippen LogP contribution < -0.4 is 15.8 Å². The molecule has 0 aliphatic carbocycles. The van der Waals surface area contributed by atoms with Gasteiger partial charge in [0.1, 0.15) is 12.0 Å². The Hall–Kier alpha value is -2.30. The Morgan fingerprint density at radius 3 is 2.75 bits per heavy atom. The highest BCUT2D eigenvalue weighted by Crippen LogP contribution is 2.28. The van der Waals surface area contributed by atoms with Crippen LogP contribution in [-0.4, -0.2) is 16.6 Å². The number of benzene rings is 1. The average Bonchev–Trinajstić information content (AvgIpc) is 2.48. The van der Waals surface area contributed by atoms with Crippen molar-refractivity contribution in [1.82, 2.24) is 9.97 Å². The summed E-state index contributed by atoms with van der Waals surface area (Å²) in [7, 11) is 0. The van der Waals surface area contributed by atoms with Crippen LogP contribution in [0.15, 0.2) is 30.6 Å². The number of nitrogens with two attached hydrogens (primary N) is 1. The largest absolute Gasteiger partial charge is 0.476 e. The van der Waals surface area contributed by atoms with Crippen LogP contribution in [0, 0.1) is 0 Å². The van der Waals surface area contributed by atoms with Crippen molar-refractivity contribution in [3.05, 3.63) is 36.2 Å². The Labute approximate surface area is 119 Å². The molecular weight excluding hydrogens is 252 g/mol. The standard InChI is InChI=1S/C15H20N4O/c1-3-9-20-15-13(16)14(17-10-18-15)19-12-8-6-5-7-11(12)4-2/h5-8,10H,3-4,9,16H2,1-2H3,(H,17,18,19). The van der Waals surface area contributed by atoms with Gasteiger partial charge in [0.25, 0.3) is 0 Å². The van der Waals surface area contributed by atoms with E-state index >= 15 is 0 Å². The smallest absolute Gasteiger partial charge is 0.242 e. The maximum absolute atomic E-state index is 6.05. The lowest BCUT2D eigenvalue weighted by molar-refractivity contribution is 0.307.